The summed E-state index contributed by atoms with van der Waals surface area (Å²) in [4.78, 5) is 44.5. The summed E-state index contributed by atoms with van der Waals surface area (Å²) < 4.78 is 29.3. The zero-order valence-corrected chi connectivity index (χ0v) is 24.4. The van der Waals surface area contributed by atoms with Crippen molar-refractivity contribution in [3.05, 3.63) is 72.7 Å². The van der Waals surface area contributed by atoms with Crippen molar-refractivity contribution in [2.75, 3.05) is 6.54 Å². The van der Waals surface area contributed by atoms with Gasteiger partial charge in [-0.2, -0.15) is 9.40 Å². The lowest BCUT2D eigenvalue weighted by Crippen LogP contribution is -2.53. The number of amides is 2. The molecule has 2 amide bonds. The largest absolute Gasteiger partial charge is 0.344 e. The number of benzene rings is 1. The van der Waals surface area contributed by atoms with Crippen LogP contribution in [-0.4, -0.2) is 69.8 Å². The van der Waals surface area contributed by atoms with Crippen molar-refractivity contribution in [3.63, 3.8) is 0 Å². The van der Waals surface area contributed by atoms with E-state index in [-0.39, 0.29) is 23.9 Å². The molecule has 1 unspecified atom stereocenters. The number of rotatable bonds is 9. The van der Waals surface area contributed by atoms with Gasteiger partial charge in [-0.05, 0) is 62.4 Å². The zero-order chi connectivity index (χ0) is 29.7. The molecule has 1 aliphatic carbocycles. The molecule has 0 radical (unpaired) electrons. The van der Waals surface area contributed by atoms with E-state index < -0.39 is 45.7 Å². The van der Waals surface area contributed by atoms with Crippen LogP contribution in [0.1, 0.15) is 62.2 Å². The molecule has 3 aromatic rings. The molecule has 2 N–H and O–H groups in total. The van der Waals surface area contributed by atoms with Crippen LogP contribution >= 0.6 is 0 Å². The van der Waals surface area contributed by atoms with Gasteiger partial charge in [0.15, 0.2) is 10.8 Å². The molecule has 1 saturated carbocycles. The first-order valence-corrected chi connectivity index (χ1v) is 15.8. The molecule has 12 heteroatoms. The van der Waals surface area contributed by atoms with Gasteiger partial charge in [0.25, 0.3) is 15.9 Å². The minimum absolute atomic E-state index is 0.123. The van der Waals surface area contributed by atoms with Crippen molar-refractivity contribution in [1.29, 1.82) is 0 Å². The number of ketones is 1. The van der Waals surface area contributed by atoms with E-state index in [2.05, 4.69) is 20.7 Å². The van der Waals surface area contributed by atoms with Gasteiger partial charge in [0.1, 0.15) is 6.04 Å². The van der Waals surface area contributed by atoms with E-state index in [1.54, 1.807) is 60.4 Å². The number of carbonyl (C=O) groups is 3. The number of nitrogens with one attached hydrogen (secondary N) is 2. The molecule has 222 valence electrons. The van der Waals surface area contributed by atoms with Crippen LogP contribution in [0.15, 0.2) is 72.1 Å². The maximum Gasteiger partial charge on any atom is 0.261 e. The highest BCUT2D eigenvalue weighted by Crippen LogP contribution is 2.29. The highest BCUT2D eigenvalue weighted by atomic mass is 32.2. The maximum atomic E-state index is 13.7. The van der Waals surface area contributed by atoms with Crippen molar-refractivity contribution in [3.8, 4) is 5.69 Å². The second-order valence-corrected chi connectivity index (χ2v) is 12.9. The average Bonchev–Trinajstić information content (AvgIpc) is 3.70. The predicted octanol–water partition coefficient (Wildman–Crippen LogP) is 2.87. The molecule has 11 nitrogen and oxygen atoms in total. The molecule has 1 aliphatic heterocycles. The Morgan fingerprint density at radius 1 is 1.00 bits per heavy atom. The van der Waals surface area contributed by atoms with Gasteiger partial charge in [0.2, 0.25) is 5.91 Å². The van der Waals surface area contributed by atoms with Gasteiger partial charge >= 0.3 is 0 Å². The maximum absolute atomic E-state index is 13.7. The predicted molar refractivity (Wildman–Crippen MR) is 155 cm³/mol. The molecule has 1 saturated heterocycles. The van der Waals surface area contributed by atoms with Gasteiger partial charge in [-0.15, -0.1) is 0 Å². The summed E-state index contributed by atoms with van der Waals surface area (Å²) in [6, 6.07) is 11.2. The Bertz CT molecular complexity index is 1510. The SMILES string of the molecule is C[C@@H]1CCC(NC(=O)[C@H](CC2CCCC2)NC(=O)c2ccccc2-n2cccn2)C(=O)CN1S(=O)(=O)c1ccccn1. The third-order valence-electron chi connectivity index (χ3n) is 8.16. The fraction of sp³-hybridized carbons (Fsp3) is 0.433. The normalized spacial score (nSPS) is 21.0. The number of hydrogen-bond acceptors (Lipinski definition) is 7. The van der Waals surface area contributed by atoms with Gasteiger partial charge in [0.05, 0.1) is 23.8 Å². The summed E-state index contributed by atoms with van der Waals surface area (Å²) in [5, 5.41) is 9.90. The molecule has 0 bridgehead atoms. The van der Waals surface area contributed by atoms with E-state index >= 15 is 0 Å². The molecular weight excluding hydrogens is 556 g/mol. The molecule has 42 heavy (non-hydrogen) atoms. The fourth-order valence-corrected chi connectivity index (χ4v) is 7.38. The molecule has 1 aromatic carbocycles. The van der Waals surface area contributed by atoms with Gasteiger partial charge in [-0.3, -0.25) is 14.4 Å². The summed E-state index contributed by atoms with van der Waals surface area (Å²) in [7, 11) is -4.00. The monoisotopic (exact) mass is 592 g/mol. The molecule has 0 spiro atoms. The van der Waals surface area contributed by atoms with Gasteiger partial charge in [-0.25, -0.2) is 18.1 Å². The first kappa shape index (κ1) is 29.6. The lowest BCUT2D eigenvalue weighted by molar-refractivity contribution is -0.129. The Hall–Kier alpha value is -3.90. The highest BCUT2D eigenvalue weighted by molar-refractivity contribution is 7.89. The minimum atomic E-state index is -4.00. The third kappa shape index (κ3) is 6.60. The first-order chi connectivity index (χ1) is 20.2. The van der Waals surface area contributed by atoms with Crippen LogP contribution in [0.25, 0.3) is 5.69 Å². The zero-order valence-electron chi connectivity index (χ0n) is 23.6. The number of carbonyl (C=O) groups excluding carboxylic acids is 3. The van der Waals surface area contributed by atoms with Crippen molar-refractivity contribution in [1.82, 2.24) is 29.7 Å². The smallest absolute Gasteiger partial charge is 0.261 e. The number of para-hydroxylation sites is 1. The topological polar surface area (TPSA) is 143 Å². The molecule has 2 fully saturated rings. The van der Waals surface area contributed by atoms with E-state index in [0.29, 0.717) is 24.1 Å². The van der Waals surface area contributed by atoms with Crippen molar-refractivity contribution < 1.29 is 22.8 Å². The average molecular weight is 593 g/mol. The van der Waals surface area contributed by atoms with Crippen LogP contribution in [0.4, 0.5) is 0 Å². The van der Waals surface area contributed by atoms with E-state index in [1.165, 1.54) is 12.3 Å². The van der Waals surface area contributed by atoms with Crippen molar-refractivity contribution >= 4 is 27.6 Å². The Balaban J connectivity index is 1.32. The van der Waals surface area contributed by atoms with Crippen LogP contribution in [0.3, 0.4) is 0 Å². The molecule has 3 heterocycles. The van der Waals surface area contributed by atoms with Crippen molar-refractivity contribution in [2.24, 2.45) is 5.92 Å². The molecule has 3 atom stereocenters. The molecule has 5 rings (SSSR count). The summed E-state index contributed by atoms with van der Waals surface area (Å²) >= 11 is 0. The number of aromatic nitrogens is 3. The van der Waals surface area contributed by atoms with Crippen LogP contribution in [0.2, 0.25) is 0 Å². The second-order valence-electron chi connectivity index (χ2n) is 11.1. The Kier molecular flexibility index (Phi) is 9.12. The third-order valence-corrected chi connectivity index (χ3v) is 10.0. The van der Waals surface area contributed by atoms with Gasteiger partial charge in [-0.1, -0.05) is 43.9 Å². The Morgan fingerprint density at radius 3 is 2.48 bits per heavy atom. The Morgan fingerprint density at radius 2 is 1.76 bits per heavy atom. The molecular formula is C30H36N6O5S. The van der Waals surface area contributed by atoms with E-state index in [9.17, 15) is 22.8 Å². The number of Topliss-reactive ketones (excluding diaryl/α,β-unsaturated/α-hetero) is 1. The van der Waals surface area contributed by atoms with E-state index in [0.717, 1.165) is 30.0 Å². The van der Waals surface area contributed by atoms with Crippen molar-refractivity contribution in [2.45, 2.75) is 75.0 Å². The minimum Gasteiger partial charge on any atom is -0.344 e. The standard InChI is InChI=1S/C30H36N6O5S/c1-21-14-15-24(27(37)20-36(21)42(40,41)28-13-6-7-16-31-28)33-30(39)25(19-22-9-2-3-10-22)34-29(38)23-11-4-5-12-26(23)35-18-8-17-32-35/h4-8,11-13,16-18,21-22,24-25H,2-3,9-10,14-15,19-20H2,1H3,(H,33,39)(H,34,38)/t21-,24?,25+/m1/s1. The summed E-state index contributed by atoms with van der Waals surface area (Å²) in [6.07, 6.45) is 9.98. The summed E-state index contributed by atoms with van der Waals surface area (Å²) in [5.74, 6) is -0.972. The summed E-state index contributed by atoms with van der Waals surface area (Å²) in [6.45, 7) is 1.38. The summed E-state index contributed by atoms with van der Waals surface area (Å²) in [5.41, 5.74) is 0.960. The van der Waals surface area contributed by atoms with Crippen LogP contribution in [0.5, 0.6) is 0 Å². The van der Waals surface area contributed by atoms with E-state index in [1.807, 2.05) is 6.07 Å². The number of pyridine rings is 1. The first-order valence-electron chi connectivity index (χ1n) is 14.4. The molecule has 2 aromatic heterocycles. The second kappa shape index (κ2) is 13.0. The van der Waals surface area contributed by atoms with Gasteiger partial charge < -0.3 is 10.6 Å². The lowest BCUT2D eigenvalue weighted by atomic mass is 9.96. The van der Waals surface area contributed by atoms with Crippen LogP contribution in [-0.2, 0) is 19.6 Å². The Labute approximate surface area is 245 Å². The fourth-order valence-electron chi connectivity index (χ4n) is 5.82. The van der Waals surface area contributed by atoms with Crippen LogP contribution < -0.4 is 10.6 Å². The number of hydrogen-bond donors (Lipinski definition) is 2. The van der Waals surface area contributed by atoms with Gasteiger partial charge in [0, 0.05) is 24.6 Å². The number of nitrogens with zero attached hydrogens (tertiary/aromatic N) is 4. The van der Waals surface area contributed by atoms with Crippen LogP contribution in [0, 0.1) is 5.92 Å². The lowest BCUT2D eigenvalue weighted by Gasteiger charge is -2.25. The molecule has 2 aliphatic rings. The quantitative estimate of drug-likeness (QED) is 0.389. The highest BCUT2D eigenvalue weighted by Gasteiger charge is 2.38. The van der Waals surface area contributed by atoms with E-state index in [4.69, 9.17) is 0 Å². The number of sulfonamides is 1.